The van der Waals surface area contributed by atoms with Crippen molar-refractivity contribution in [2.24, 2.45) is 5.92 Å². The lowest BCUT2D eigenvalue weighted by molar-refractivity contribution is -0.131. The minimum absolute atomic E-state index is 0.408. The van der Waals surface area contributed by atoms with Gasteiger partial charge >= 0.3 is 0 Å². The normalized spacial score (nSPS) is 30.5. The lowest BCUT2D eigenvalue weighted by Gasteiger charge is -2.33. The largest absolute Gasteiger partial charge is 0.341 e. The second-order valence-corrected chi connectivity index (χ2v) is 8.40. The molecule has 1 atom stereocenters. The van der Waals surface area contributed by atoms with Crippen LogP contribution in [0.3, 0.4) is 0 Å². The van der Waals surface area contributed by atoms with E-state index in [-0.39, 0.29) is 0 Å². The Morgan fingerprint density at radius 1 is 0.962 bits per heavy atom. The quantitative estimate of drug-likeness (QED) is 0.902. The van der Waals surface area contributed by atoms with Gasteiger partial charge in [0.05, 0.1) is 0 Å². The molecule has 1 N–H and O–H groups in total. The molecule has 0 radical (unpaired) electrons. The molecule has 142 valence electrons. The molecule has 2 aliphatic heterocycles. The highest BCUT2D eigenvalue weighted by atomic mass is 16.2. The fourth-order valence-corrected chi connectivity index (χ4v) is 5.11. The molecule has 4 rings (SSSR count). The molecule has 0 spiro atoms. The van der Waals surface area contributed by atoms with Crippen molar-refractivity contribution in [3.05, 3.63) is 35.9 Å². The van der Waals surface area contributed by atoms with Crippen molar-refractivity contribution in [3.63, 3.8) is 0 Å². The van der Waals surface area contributed by atoms with E-state index in [0.717, 1.165) is 52.1 Å². The Hall–Kier alpha value is -1.39. The molecule has 3 fully saturated rings. The van der Waals surface area contributed by atoms with E-state index in [1.54, 1.807) is 0 Å². The van der Waals surface area contributed by atoms with E-state index in [0.29, 0.717) is 23.8 Å². The zero-order chi connectivity index (χ0) is 17.8. The first-order valence-corrected chi connectivity index (χ1v) is 10.6. The predicted molar refractivity (Wildman–Crippen MR) is 105 cm³/mol. The summed E-state index contributed by atoms with van der Waals surface area (Å²) in [6, 6.07) is 11.5. The van der Waals surface area contributed by atoms with Gasteiger partial charge in [0.15, 0.2) is 0 Å². The van der Waals surface area contributed by atoms with Gasteiger partial charge in [0.1, 0.15) is 0 Å². The van der Waals surface area contributed by atoms with Crippen LogP contribution in [0, 0.1) is 5.92 Å². The SMILES string of the molecule is O=C(CC1CCC(c2ccccc2)CC1)N1CCC(N2CCNCC2)C1. The fourth-order valence-electron chi connectivity index (χ4n) is 5.11. The Morgan fingerprint density at radius 2 is 1.69 bits per heavy atom. The van der Waals surface area contributed by atoms with Crippen molar-refractivity contribution in [3.8, 4) is 0 Å². The van der Waals surface area contributed by atoms with E-state index in [2.05, 4.69) is 45.4 Å². The van der Waals surface area contributed by atoms with Crippen LogP contribution < -0.4 is 5.32 Å². The third kappa shape index (κ3) is 4.29. The highest BCUT2D eigenvalue weighted by Gasteiger charge is 2.32. The van der Waals surface area contributed by atoms with Gasteiger partial charge in [-0.3, -0.25) is 9.69 Å². The molecule has 1 amide bonds. The number of nitrogens with one attached hydrogen (secondary N) is 1. The van der Waals surface area contributed by atoms with Crippen molar-refractivity contribution < 1.29 is 4.79 Å². The van der Waals surface area contributed by atoms with Gasteiger partial charge in [-0.05, 0) is 49.5 Å². The van der Waals surface area contributed by atoms with E-state index in [1.807, 2.05) is 0 Å². The summed E-state index contributed by atoms with van der Waals surface area (Å²) >= 11 is 0. The maximum Gasteiger partial charge on any atom is 0.222 e. The molecule has 2 heterocycles. The number of carbonyl (C=O) groups is 1. The lowest BCUT2D eigenvalue weighted by atomic mass is 9.77. The van der Waals surface area contributed by atoms with Crippen molar-refractivity contribution in [1.29, 1.82) is 0 Å². The topological polar surface area (TPSA) is 35.6 Å². The standard InChI is InChI=1S/C22H33N3O/c26-22(25-13-10-21(17-25)24-14-11-23-12-15-24)16-18-6-8-20(9-7-18)19-4-2-1-3-5-19/h1-5,18,20-21,23H,6-17H2. The molecule has 26 heavy (non-hydrogen) atoms. The van der Waals surface area contributed by atoms with Gasteiger partial charge in [-0.1, -0.05) is 30.3 Å². The molecule has 1 aliphatic carbocycles. The number of likely N-dealkylation sites (tertiary alicyclic amines) is 1. The number of amides is 1. The first-order chi connectivity index (χ1) is 12.8. The number of piperazine rings is 1. The predicted octanol–water partition coefficient (Wildman–Crippen LogP) is 2.86. The van der Waals surface area contributed by atoms with Crippen LogP contribution in [-0.4, -0.2) is 61.0 Å². The Kier molecular flexibility index (Phi) is 5.91. The maximum atomic E-state index is 12.8. The number of carbonyl (C=O) groups excluding carboxylic acids is 1. The van der Waals surface area contributed by atoms with E-state index < -0.39 is 0 Å². The Labute approximate surface area is 157 Å². The third-order valence-electron chi connectivity index (χ3n) is 6.77. The zero-order valence-corrected chi connectivity index (χ0v) is 15.9. The van der Waals surface area contributed by atoms with Gasteiger partial charge in [0.2, 0.25) is 5.91 Å². The summed E-state index contributed by atoms with van der Waals surface area (Å²) in [6.45, 7) is 6.38. The monoisotopic (exact) mass is 355 g/mol. The maximum absolute atomic E-state index is 12.8. The van der Waals surface area contributed by atoms with E-state index in [4.69, 9.17) is 0 Å². The zero-order valence-electron chi connectivity index (χ0n) is 15.9. The van der Waals surface area contributed by atoms with Crippen LogP contribution in [0.2, 0.25) is 0 Å². The summed E-state index contributed by atoms with van der Waals surface area (Å²) in [5.41, 5.74) is 1.48. The molecule has 0 aromatic heterocycles. The number of rotatable bonds is 4. The van der Waals surface area contributed by atoms with Crippen LogP contribution in [0.1, 0.15) is 50.0 Å². The average Bonchev–Trinajstić information content (AvgIpc) is 3.20. The number of benzene rings is 1. The highest BCUT2D eigenvalue weighted by molar-refractivity contribution is 5.76. The van der Waals surface area contributed by atoms with Crippen LogP contribution in [0.15, 0.2) is 30.3 Å². The average molecular weight is 356 g/mol. The molecule has 1 aromatic rings. The molecule has 2 saturated heterocycles. The van der Waals surface area contributed by atoms with E-state index >= 15 is 0 Å². The Morgan fingerprint density at radius 3 is 2.42 bits per heavy atom. The summed E-state index contributed by atoms with van der Waals surface area (Å²) in [5, 5.41) is 3.42. The van der Waals surface area contributed by atoms with E-state index in [1.165, 1.54) is 31.2 Å². The molecular weight excluding hydrogens is 322 g/mol. The minimum Gasteiger partial charge on any atom is -0.341 e. The summed E-state index contributed by atoms with van der Waals surface area (Å²) < 4.78 is 0. The molecule has 3 aliphatic rings. The smallest absolute Gasteiger partial charge is 0.222 e. The van der Waals surface area contributed by atoms with Gasteiger partial charge in [0.25, 0.3) is 0 Å². The second-order valence-electron chi connectivity index (χ2n) is 8.40. The summed E-state index contributed by atoms with van der Waals surface area (Å²) in [5.74, 6) is 1.71. The lowest BCUT2D eigenvalue weighted by Crippen LogP contribution is -2.49. The molecule has 0 bridgehead atoms. The summed E-state index contributed by atoms with van der Waals surface area (Å²) in [6.07, 6.45) is 6.83. The molecule has 1 saturated carbocycles. The van der Waals surface area contributed by atoms with Crippen LogP contribution in [0.25, 0.3) is 0 Å². The van der Waals surface area contributed by atoms with Gasteiger partial charge in [-0.15, -0.1) is 0 Å². The Balaban J connectivity index is 1.22. The molecular formula is C22H33N3O. The van der Waals surface area contributed by atoms with Gasteiger partial charge in [-0.25, -0.2) is 0 Å². The van der Waals surface area contributed by atoms with Gasteiger partial charge in [-0.2, -0.15) is 0 Å². The van der Waals surface area contributed by atoms with Crippen LogP contribution in [0.4, 0.5) is 0 Å². The highest BCUT2D eigenvalue weighted by Crippen LogP contribution is 2.37. The third-order valence-corrected chi connectivity index (χ3v) is 6.77. The molecule has 4 nitrogen and oxygen atoms in total. The first-order valence-electron chi connectivity index (χ1n) is 10.6. The van der Waals surface area contributed by atoms with Gasteiger partial charge < -0.3 is 10.2 Å². The summed E-state index contributed by atoms with van der Waals surface area (Å²) in [7, 11) is 0. The van der Waals surface area contributed by atoms with Crippen molar-refractivity contribution >= 4 is 5.91 Å². The molecule has 1 unspecified atom stereocenters. The van der Waals surface area contributed by atoms with Crippen molar-refractivity contribution in [2.45, 2.75) is 50.5 Å². The Bertz CT molecular complexity index is 576. The van der Waals surface area contributed by atoms with E-state index in [9.17, 15) is 4.79 Å². The van der Waals surface area contributed by atoms with Gasteiger partial charge in [0, 0.05) is 51.7 Å². The first kappa shape index (κ1) is 18.0. The fraction of sp³-hybridized carbons (Fsp3) is 0.682. The van der Waals surface area contributed by atoms with Crippen molar-refractivity contribution in [2.75, 3.05) is 39.3 Å². The van der Waals surface area contributed by atoms with Crippen LogP contribution in [0.5, 0.6) is 0 Å². The second kappa shape index (κ2) is 8.53. The summed E-state index contributed by atoms with van der Waals surface area (Å²) in [4.78, 5) is 17.5. The minimum atomic E-state index is 0.408. The molecule has 1 aromatic carbocycles. The number of hydrogen-bond donors (Lipinski definition) is 1. The van der Waals surface area contributed by atoms with Crippen LogP contribution >= 0.6 is 0 Å². The number of nitrogens with zero attached hydrogens (tertiary/aromatic N) is 2. The van der Waals surface area contributed by atoms with Crippen LogP contribution in [-0.2, 0) is 4.79 Å². The van der Waals surface area contributed by atoms with Crippen molar-refractivity contribution in [1.82, 2.24) is 15.1 Å². The molecule has 4 heteroatoms. The number of hydrogen-bond acceptors (Lipinski definition) is 3.